The Kier molecular flexibility index (Phi) is 42.6. The lowest BCUT2D eigenvalue weighted by Gasteiger charge is -2.42. The third-order valence-corrected chi connectivity index (χ3v) is 10.4. The van der Waals surface area contributed by atoms with Gasteiger partial charge in [0.15, 0.2) is 18.6 Å². The quantitative estimate of drug-likeness (QED) is 0.0129. The number of carbonyl (C=O) groups is 3. The van der Waals surface area contributed by atoms with Gasteiger partial charge in [0.25, 0.3) is 5.91 Å². The molecule has 0 spiro atoms. The van der Waals surface area contributed by atoms with Crippen LogP contribution in [0.5, 0.6) is 0 Å². The molecule has 0 aromatic carbocycles. The van der Waals surface area contributed by atoms with E-state index in [0.717, 1.165) is 25.7 Å². The summed E-state index contributed by atoms with van der Waals surface area (Å²) in [6.07, 6.45) is -13.9. The lowest BCUT2D eigenvalue weighted by atomic mass is 9.98. The number of rotatable bonds is 50. The highest BCUT2D eigenvalue weighted by atomic mass is 16.7. The summed E-state index contributed by atoms with van der Waals surface area (Å²) in [6.45, 7) is 12.2. The summed E-state index contributed by atoms with van der Waals surface area (Å²) < 4.78 is 75.5. The Hall–Kier alpha value is -2.65. The van der Waals surface area contributed by atoms with Crippen molar-refractivity contribution < 1.29 is 122 Å². The van der Waals surface area contributed by atoms with Crippen LogP contribution in [-0.4, -0.2) is 272 Å². The van der Waals surface area contributed by atoms with Crippen molar-refractivity contribution in [2.24, 2.45) is 0 Å². The van der Waals surface area contributed by atoms with E-state index in [1.54, 1.807) is 0 Å². The van der Waals surface area contributed by atoms with E-state index < -0.39 is 93.0 Å². The summed E-state index contributed by atoms with van der Waals surface area (Å²) >= 11 is 0. The minimum Gasteiger partial charge on any atom is -0.463 e. The van der Waals surface area contributed by atoms with Crippen molar-refractivity contribution in [3.63, 3.8) is 0 Å². The number of hydrogen-bond donors (Lipinski definition) is 9. The Morgan fingerprint density at radius 3 is 1.49 bits per heavy atom. The van der Waals surface area contributed by atoms with Crippen LogP contribution in [0.3, 0.4) is 0 Å². The standard InChI is InChI=1S/C47H87NO25/c1-4-5-6-7-8-10-34(2)46(59)72-38(48-45(58)42(56)41(55)44(36(52)31-49)73-47-43(57)40(54)39(53)37(32-50)71-47)33-69-12-9-11-60-13-14-61-15-16-62-17-18-63-19-20-64-21-22-65-23-24-66-25-26-67-27-28-68-29-30-70-35(3)51/h36-44,47,49-50,52-57H,2,4-33H2,1,3H3,(H,48,58)/t36?,37?,38?,39-,40-,41?,42?,43?,44?,47-/m0/s1. The maximum Gasteiger partial charge on any atom is 0.335 e. The second-order valence-electron chi connectivity index (χ2n) is 16.4. The molecule has 26 heteroatoms. The van der Waals surface area contributed by atoms with E-state index in [-0.39, 0.29) is 31.4 Å². The minimum atomic E-state index is -2.41. The molecule has 0 saturated carbocycles. The van der Waals surface area contributed by atoms with Crippen LogP contribution in [0.15, 0.2) is 12.2 Å². The number of nitrogens with one attached hydrogen (secondary N) is 1. The third-order valence-electron chi connectivity index (χ3n) is 10.4. The summed E-state index contributed by atoms with van der Waals surface area (Å²) in [6, 6.07) is 0. The van der Waals surface area contributed by atoms with E-state index in [2.05, 4.69) is 18.8 Å². The van der Waals surface area contributed by atoms with Crippen molar-refractivity contribution in [1.82, 2.24) is 5.32 Å². The zero-order chi connectivity index (χ0) is 53.9. The fraction of sp³-hybridized carbons (Fsp3) is 0.894. The number of aliphatic hydroxyl groups is 8. The van der Waals surface area contributed by atoms with Gasteiger partial charge in [-0.1, -0.05) is 39.2 Å². The molecule has 10 atom stereocenters. The van der Waals surface area contributed by atoms with Gasteiger partial charge in [0.05, 0.1) is 126 Å². The average molecular weight is 1070 g/mol. The van der Waals surface area contributed by atoms with Gasteiger partial charge in [-0.15, -0.1) is 0 Å². The first-order valence-electron chi connectivity index (χ1n) is 25.0. The average Bonchev–Trinajstić information content (AvgIpc) is 3.38. The monoisotopic (exact) mass is 1070 g/mol. The highest BCUT2D eigenvalue weighted by molar-refractivity contribution is 5.88. The van der Waals surface area contributed by atoms with Crippen LogP contribution in [0, 0.1) is 0 Å². The molecular formula is C47H87NO25. The van der Waals surface area contributed by atoms with Crippen molar-refractivity contribution in [3.05, 3.63) is 12.2 Å². The second kappa shape index (κ2) is 45.5. The summed E-state index contributed by atoms with van der Waals surface area (Å²) in [5.41, 5.74) is 0.137. The minimum absolute atomic E-state index is 0.0959. The van der Waals surface area contributed by atoms with Gasteiger partial charge < -0.3 is 112 Å². The Morgan fingerprint density at radius 1 is 0.589 bits per heavy atom. The van der Waals surface area contributed by atoms with Crippen LogP contribution in [-0.2, 0) is 80.7 Å². The van der Waals surface area contributed by atoms with Crippen LogP contribution in [0.4, 0.5) is 0 Å². The maximum atomic E-state index is 13.2. The zero-order valence-electron chi connectivity index (χ0n) is 42.7. The number of aliphatic hydroxyl groups excluding tert-OH is 8. The lowest BCUT2D eigenvalue weighted by Crippen LogP contribution is -2.62. The van der Waals surface area contributed by atoms with Gasteiger partial charge in [0, 0.05) is 25.7 Å². The molecule has 0 aliphatic carbocycles. The van der Waals surface area contributed by atoms with E-state index in [0.29, 0.717) is 132 Å². The highest BCUT2D eigenvalue weighted by Gasteiger charge is 2.47. The smallest absolute Gasteiger partial charge is 0.335 e. The van der Waals surface area contributed by atoms with E-state index in [1.807, 2.05) is 0 Å². The van der Waals surface area contributed by atoms with Crippen LogP contribution in [0.2, 0.25) is 0 Å². The molecule has 1 aliphatic rings. The van der Waals surface area contributed by atoms with Gasteiger partial charge in [-0.2, -0.15) is 0 Å². The van der Waals surface area contributed by atoms with Crippen LogP contribution in [0.25, 0.3) is 0 Å². The molecule has 1 saturated heterocycles. The van der Waals surface area contributed by atoms with E-state index in [1.165, 1.54) is 6.92 Å². The van der Waals surface area contributed by atoms with Gasteiger partial charge >= 0.3 is 11.9 Å². The molecule has 73 heavy (non-hydrogen) atoms. The summed E-state index contributed by atoms with van der Waals surface area (Å²) in [4.78, 5) is 36.8. The van der Waals surface area contributed by atoms with Gasteiger partial charge in [-0.05, 0) is 19.3 Å². The molecule has 7 unspecified atom stereocenters. The summed E-state index contributed by atoms with van der Waals surface area (Å²) in [5.74, 6) is -2.49. The predicted octanol–water partition coefficient (Wildman–Crippen LogP) is -2.73. The number of ether oxygens (including phenoxy) is 14. The number of amides is 1. The Balaban J connectivity index is 2.28. The van der Waals surface area contributed by atoms with Gasteiger partial charge in [0.2, 0.25) is 0 Å². The van der Waals surface area contributed by atoms with Crippen molar-refractivity contribution in [2.45, 2.75) is 120 Å². The first kappa shape index (κ1) is 68.4. The molecule has 1 rings (SSSR count). The molecule has 0 bridgehead atoms. The maximum absolute atomic E-state index is 13.2. The molecule has 1 amide bonds. The molecule has 26 nitrogen and oxygen atoms in total. The number of hydrogen-bond acceptors (Lipinski definition) is 25. The van der Waals surface area contributed by atoms with Crippen molar-refractivity contribution in [1.29, 1.82) is 0 Å². The van der Waals surface area contributed by atoms with E-state index in [9.17, 15) is 55.2 Å². The topological polar surface area (TPSA) is 354 Å². The molecule has 1 aliphatic heterocycles. The van der Waals surface area contributed by atoms with Crippen LogP contribution >= 0.6 is 0 Å². The Labute approximate surface area is 428 Å². The number of esters is 2. The molecule has 0 radical (unpaired) electrons. The third kappa shape index (κ3) is 33.9. The fourth-order valence-electron chi connectivity index (χ4n) is 6.34. The molecular weight excluding hydrogens is 978 g/mol. The summed E-state index contributed by atoms with van der Waals surface area (Å²) in [7, 11) is 0. The van der Waals surface area contributed by atoms with Gasteiger partial charge in [0.1, 0.15) is 55.9 Å². The second-order valence-corrected chi connectivity index (χ2v) is 16.4. The van der Waals surface area contributed by atoms with Gasteiger partial charge in [-0.3, -0.25) is 9.59 Å². The summed E-state index contributed by atoms with van der Waals surface area (Å²) in [5, 5.41) is 84.2. The normalized spacial score (nSPS) is 20.0. The van der Waals surface area contributed by atoms with E-state index >= 15 is 0 Å². The van der Waals surface area contributed by atoms with Crippen LogP contribution in [0.1, 0.15) is 58.8 Å². The highest BCUT2D eigenvalue weighted by Crippen LogP contribution is 2.25. The first-order valence-corrected chi connectivity index (χ1v) is 25.0. The van der Waals surface area contributed by atoms with E-state index in [4.69, 9.17) is 66.3 Å². The molecule has 0 aromatic heterocycles. The molecule has 0 aromatic rings. The Morgan fingerprint density at radius 2 is 1.04 bits per heavy atom. The SMILES string of the molecule is C=C(CCCCCCC)C(=O)OC(COCCCOCCOCCOCCOCCOCCOCCOCCOCCOCCOC(C)=O)NC(=O)C(O)C(O)C(O[C@@H]1OC(CO)[C@H](O)[C@H](O)C1O)C(O)CO. The van der Waals surface area contributed by atoms with Crippen molar-refractivity contribution in [2.75, 3.05) is 152 Å². The number of unbranched alkanes of at least 4 members (excludes halogenated alkanes) is 4. The molecule has 1 fully saturated rings. The van der Waals surface area contributed by atoms with Gasteiger partial charge in [-0.25, -0.2) is 4.79 Å². The molecule has 9 N–H and O–H groups in total. The van der Waals surface area contributed by atoms with Crippen molar-refractivity contribution in [3.8, 4) is 0 Å². The predicted molar refractivity (Wildman–Crippen MR) is 254 cm³/mol. The fourth-order valence-corrected chi connectivity index (χ4v) is 6.34. The van der Waals surface area contributed by atoms with Crippen LogP contribution < -0.4 is 5.32 Å². The lowest BCUT2D eigenvalue weighted by molar-refractivity contribution is -0.326. The molecule has 1 heterocycles. The first-order chi connectivity index (χ1) is 35.3. The van der Waals surface area contributed by atoms with Crippen molar-refractivity contribution >= 4 is 17.8 Å². The number of carbonyl (C=O) groups excluding carboxylic acids is 3. The zero-order valence-corrected chi connectivity index (χ0v) is 42.7. The molecule has 430 valence electrons. The Bertz CT molecular complexity index is 1370. The largest absolute Gasteiger partial charge is 0.463 e.